The summed E-state index contributed by atoms with van der Waals surface area (Å²) in [5, 5.41) is 14.9. The predicted octanol–water partition coefficient (Wildman–Crippen LogP) is 3.62. The highest BCUT2D eigenvalue weighted by atomic mass is 19.3. The minimum Gasteiger partial charge on any atom is -0.493 e. The van der Waals surface area contributed by atoms with E-state index in [9.17, 15) is 18.9 Å². The molecule has 0 aliphatic carbocycles. The van der Waals surface area contributed by atoms with Gasteiger partial charge in [0.05, 0.1) is 24.9 Å². The van der Waals surface area contributed by atoms with Gasteiger partial charge in [-0.3, -0.25) is 10.1 Å². The molecule has 0 atom stereocenters. The molecule has 0 aromatic heterocycles. The number of nitro benzene ring substituents is 1. The van der Waals surface area contributed by atoms with Crippen molar-refractivity contribution in [2.24, 2.45) is 5.16 Å². The third kappa shape index (κ3) is 5.08. The first kappa shape index (κ1) is 20.3. The van der Waals surface area contributed by atoms with Gasteiger partial charge >= 0.3 is 6.61 Å². The summed E-state index contributed by atoms with van der Waals surface area (Å²) in [4.78, 5) is 15.8. The van der Waals surface area contributed by atoms with Gasteiger partial charge in [0.25, 0.3) is 5.69 Å². The van der Waals surface area contributed by atoms with Crippen LogP contribution in [0.15, 0.2) is 35.5 Å². The number of methoxy groups -OCH3 is 1. The van der Waals surface area contributed by atoms with E-state index < -0.39 is 11.5 Å². The van der Waals surface area contributed by atoms with Gasteiger partial charge < -0.3 is 23.8 Å². The summed E-state index contributed by atoms with van der Waals surface area (Å²) in [6, 6.07) is 6.98. The standard InChI is InChI=1S/C18H16F2N2O7/c1-25-16-4-11(2-3-15(16)29-18(19)20)7-21-28-9-13-6-14(22(23)24)5-12-8-26-10-27-17(12)13/h2-7,18H,8-10H2,1H3. The van der Waals surface area contributed by atoms with E-state index in [-0.39, 0.29) is 37.2 Å². The Balaban J connectivity index is 1.70. The lowest BCUT2D eigenvalue weighted by Crippen LogP contribution is -2.14. The SMILES string of the molecule is COc1cc(C=NOCc2cc([N+](=O)[O-])cc3c2OCOC3)ccc1OC(F)F. The van der Waals surface area contributed by atoms with Crippen molar-refractivity contribution in [2.45, 2.75) is 19.8 Å². The Morgan fingerprint density at radius 3 is 2.86 bits per heavy atom. The average Bonchev–Trinajstić information content (AvgIpc) is 2.71. The van der Waals surface area contributed by atoms with Gasteiger partial charge in [-0.2, -0.15) is 8.78 Å². The summed E-state index contributed by atoms with van der Waals surface area (Å²) in [6.45, 7) is -2.82. The number of oxime groups is 1. The zero-order valence-electron chi connectivity index (χ0n) is 15.2. The third-order valence-electron chi connectivity index (χ3n) is 3.88. The van der Waals surface area contributed by atoms with Gasteiger partial charge in [0.15, 0.2) is 18.3 Å². The van der Waals surface area contributed by atoms with Crippen LogP contribution in [-0.2, 0) is 22.8 Å². The number of halogens is 2. The van der Waals surface area contributed by atoms with Gasteiger partial charge in [-0.05, 0) is 18.2 Å². The zero-order valence-corrected chi connectivity index (χ0v) is 15.2. The zero-order chi connectivity index (χ0) is 20.8. The van der Waals surface area contributed by atoms with Crippen LogP contribution >= 0.6 is 0 Å². The van der Waals surface area contributed by atoms with Gasteiger partial charge in [-0.25, -0.2) is 0 Å². The van der Waals surface area contributed by atoms with Crippen molar-refractivity contribution < 1.29 is 37.5 Å². The van der Waals surface area contributed by atoms with E-state index >= 15 is 0 Å². The average molecular weight is 410 g/mol. The van der Waals surface area contributed by atoms with Crippen LogP contribution in [0.4, 0.5) is 14.5 Å². The monoisotopic (exact) mass is 410 g/mol. The van der Waals surface area contributed by atoms with Crippen molar-refractivity contribution >= 4 is 11.9 Å². The molecule has 0 N–H and O–H groups in total. The van der Waals surface area contributed by atoms with Crippen molar-refractivity contribution in [1.29, 1.82) is 0 Å². The number of ether oxygens (including phenoxy) is 4. The topological polar surface area (TPSA) is 102 Å². The van der Waals surface area contributed by atoms with Crippen LogP contribution in [0.3, 0.4) is 0 Å². The van der Waals surface area contributed by atoms with Gasteiger partial charge in [0.2, 0.25) is 0 Å². The number of hydrogen-bond donors (Lipinski definition) is 0. The molecule has 0 spiro atoms. The Bertz CT molecular complexity index is 921. The highest BCUT2D eigenvalue weighted by Gasteiger charge is 2.21. The van der Waals surface area contributed by atoms with Crippen LogP contribution in [0.2, 0.25) is 0 Å². The Morgan fingerprint density at radius 1 is 1.31 bits per heavy atom. The molecule has 1 heterocycles. The van der Waals surface area contributed by atoms with E-state index in [1.807, 2.05) is 0 Å². The van der Waals surface area contributed by atoms with Crippen molar-refractivity contribution in [3.63, 3.8) is 0 Å². The third-order valence-corrected chi connectivity index (χ3v) is 3.88. The van der Waals surface area contributed by atoms with Crippen LogP contribution < -0.4 is 14.2 Å². The molecule has 154 valence electrons. The quantitative estimate of drug-likeness (QED) is 0.372. The maximum absolute atomic E-state index is 12.4. The minimum atomic E-state index is -2.97. The summed E-state index contributed by atoms with van der Waals surface area (Å²) >= 11 is 0. The number of fused-ring (bicyclic) bond motifs is 1. The fourth-order valence-electron chi connectivity index (χ4n) is 2.66. The molecule has 0 radical (unpaired) electrons. The Labute approximate surface area is 163 Å². The van der Waals surface area contributed by atoms with Crippen LogP contribution in [0, 0.1) is 10.1 Å². The fourth-order valence-corrected chi connectivity index (χ4v) is 2.66. The van der Waals surface area contributed by atoms with E-state index in [0.29, 0.717) is 22.4 Å². The second-order valence-electron chi connectivity index (χ2n) is 5.76. The number of hydrogen-bond acceptors (Lipinski definition) is 8. The first-order valence-corrected chi connectivity index (χ1v) is 8.27. The lowest BCUT2D eigenvalue weighted by molar-refractivity contribution is -0.385. The van der Waals surface area contributed by atoms with Crippen molar-refractivity contribution in [3.8, 4) is 17.2 Å². The number of nitro groups is 1. The summed E-state index contributed by atoms with van der Waals surface area (Å²) in [7, 11) is 1.32. The van der Waals surface area contributed by atoms with E-state index in [0.717, 1.165) is 0 Å². The van der Waals surface area contributed by atoms with Crippen molar-refractivity contribution in [1.82, 2.24) is 0 Å². The number of nitrogens with zero attached hydrogens (tertiary/aromatic N) is 2. The Morgan fingerprint density at radius 2 is 2.14 bits per heavy atom. The highest BCUT2D eigenvalue weighted by Crippen LogP contribution is 2.33. The van der Waals surface area contributed by atoms with Gasteiger partial charge in [-0.1, -0.05) is 5.16 Å². The molecular formula is C18H16F2N2O7. The molecule has 0 saturated carbocycles. The number of rotatable bonds is 8. The van der Waals surface area contributed by atoms with Crippen LogP contribution in [-0.4, -0.2) is 31.7 Å². The number of alkyl halides is 2. The van der Waals surface area contributed by atoms with Crippen LogP contribution in [0.25, 0.3) is 0 Å². The first-order chi connectivity index (χ1) is 14.0. The molecular weight excluding hydrogens is 394 g/mol. The van der Waals surface area contributed by atoms with Gasteiger partial charge in [0.1, 0.15) is 12.4 Å². The summed E-state index contributed by atoms with van der Waals surface area (Å²) in [5.74, 6) is 0.464. The van der Waals surface area contributed by atoms with Crippen molar-refractivity contribution in [2.75, 3.05) is 13.9 Å². The highest BCUT2D eigenvalue weighted by molar-refractivity contribution is 5.80. The molecule has 0 amide bonds. The summed E-state index contributed by atoms with van der Waals surface area (Å²) < 4.78 is 44.6. The largest absolute Gasteiger partial charge is 0.493 e. The molecule has 0 fully saturated rings. The second-order valence-corrected chi connectivity index (χ2v) is 5.76. The first-order valence-electron chi connectivity index (χ1n) is 8.27. The summed E-state index contributed by atoms with van der Waals surface area (Å²) in [6.07, 6.45) is 1.34. The van der Waals surface area contributed by atoms with E-state index in [4.69, 9.17) is 19.0 Å². The maximum atomic E-state index is 12.4. The molecule has 0 unspecified atom stereocenters. The molecule has 1 aliphatic rings. The molecule has 11 heteroatoms. The molecule has 1 aliphatic heterocycles. The Hall–Kier alpha value is -3.47. The van der Waals surface area contributed by atoms with E-state index in [1.54, 1.807) is 0 Å². The molecule has 29 heavy (non-hydrogen) atoms. The summed E-state index contributed by atoms with van der Waals surface area (Å²) in [5.41, 5.74) is 1.40. The van der Waals surface area contributed by atoms with E-state index in [1.165, 1.54) is 43.7 Å². The normalized spacial score (nSPS) is 13.1. The molecule has 0 bridgehead atoms. The number of benzene rings is 2. The molecule has 2 aromatic rings. The second kappa shape index (κ2) is 9.15. The maximum Gasteiger partial charge on any atom is 0.387 e. The van der Waals surface area contributed by atoms with Crippen LogP contribution in [0.5, 0.6) is 17.2 Å². The number of non-ortho nitro benzene ring substituents is 1. The minimum absolute atomic E-state index is 0.0356. The van der Waals surface area contributed by atoms with Gasteiger partial charge in [-0.15, -0.1) is 0 Å². The molecule has 9 nitrogen and oxygen atoms in total. The fraction of sp³-hybridized carbons (Fsp3) is 0.278. The smallest absolute Gasteiger partial charge is 0.387 e. The van der Waals surface area contributed by atoms with Gasteiger partial charge in [0, 0.05) is 28.8 Å². The van der Waals surface area contributed by atoms with Crippen molar-refractivity contribution in [3.05, 3.63) is 57.1 Å². The molecule has 3 rings (SSSR count). The lowest BCUT2D eigenvalue weighted by Gasteiger charge is -2.20. The van der Waals surface area contributed by atoms with E-state index in [2.05, 4.69) is 9.89 Å². The lowest BCUT2D eigenvalue weighted by atomic mass is 10.1. The molecule has 0 saturated heterocycles. The molecule has 2 aromatic carbocycles. The van der Waals surface area contributed by atoms with Crippen LogP contribution in [0.1, 0.15) is 16.7 Å². The Kier molecular flexibility index (Phi) is 6.39. The predicted molar refractivity (Wildman–Crippen MR) is 95.4 cm³/mol.